The van der Waals surface area contributed by atoms with E-state index in [1.807, 2.05) is 0 Å². The predicted molar refractivity (Wildman–Crippen MR) is 91.7 cm³/mol. The number of ether oxygens (including phenoxy) is 2. The molecule has 0 saturated carbocycles. The number of benzene rings is 1. The first-order chi connectivity index (χ1) is 11.9. The van der Waals surface area contributed by atoms with Crippen LogP contribution in [0.15, 0.2) is 29.2 Å². The number of rotatable bonds is 4. The van der Waals surface area contributed by atoms with Gasteiger partial charge in [-0.3, -0.25) is 4.79 Å². The summed E-state index contributed by atoms with van der Waals surface area (Å²) in [6.07, 6.45) is 0.880. The van der Waals surface area contributed by atoms with E-state index < -0.39 is 15.7 Å². The zero-order valence-electron chi connectivity index (χ0n) is 14.0. The van der Waals surface area contributed by atoms with Gasteiger partial charge in [-0.25, -0.2) is 8.42 Å². The molecule has 1 amide bonds. The highest BCUT2D eigenvalue weighted by atomic mass is 35.5. The lowest BCUT2D eigenvalue weighted by molar-refractivity contribution is -0.143. The summed E-state index contributed by atoms with van der Waals surface area (Å²) in [6, 6.07) is 6.12. The van der Waals surface area contributed by atoms with Gasteiger partial charge in [0.1, 0.15) is 12.3 Å². The van der Waals surface area contributed by atoms with Crippen LogP contribution in [-0.4, -0.2) is 69.2 Å². The van der Waals surface area contributed by atoms with Crippen molar-refractivity contribution >= 4 is 27.5 Å². The van der Waals surface area contributed by atoms with Crippen LogP contribution in [0, 0.1) is 0 Å². The number of methoxy groups -OCH3 is 1. The largest absolute Gasteiger partial charge is 0.375 e. The Bertz CT molecular complexity index is 729. The van der Waals surface area contributed by atoms with Crippen LogP contribution in [0.25, 0.3) is 0 Å². The fourth-order valence-electron chi connectivity index (χ4n) is 3.38. The van der Waals surface area contributed by atoms with Gasteiger partial charge >= 0.3 is 0 Å². The highest BCUT2D eigenvalue weighted by Crippen LogP contribution is 2.38. The number of amides is 1. The molecular formula is C16H21ClN2O5S. The third-order valence-corrected chi connectivity index (χ3v) is 6.90. The second kappa shape index (κ2) is 7.20. The van der Waals surface area contributed by atoms with Gasteiger partial charge in [-0.2, -0.15) is 4.31 Å². The maximum atomic E-state index is 13.0. The van der Waals surface area contributed by atoms with Gasteiger partial charge in [-0.1, -0.05) is 11.6 Å². The molecule has 1 aromatic carbocycles. The molecule has 0 aliphatic carbocycles. The maximum Gasteiger partial charge on any atom is 0.248 e. The van der Waals surface area contributed by atoms with Gasteiger partial charge in [-0.15, -0.1) is 0 Å². The Balaban J connectivity index is 1.79. The number of piperidine rings is 1. The summed E-state index contributed by atoms with van der Waals surface area (Å²) in [6.45, 7) is 1.56. The second-order valence-electron chi connectivity index (χ2n) is 6.14. The minimum absolute atomic E-state index is 0.0284. The van der Waals surface area contributed by atoms with E-state index in [1.165, 1.54) is 23.5 Å². The van der Waals surface area contributed by atoms with Crippen LogP contribution in [0.5, 0.6) is 0 Å². The first-order valence-electron chi connectivity index (χ1n) is 8.08. The molecule has 2 heterocycles. The molecule has 7 nitrogen and oxygen atoms in total. The fourth-order valence-corrected chi connectivity index (χ4v) is 5.23. The van der Waals surface area contributed by atoms with Gasteiger partial charge in [0.05, 0.1) is 11.5 Å². The average molecular weight is 389 g/mol. The van der Waals surface area contributed by atoms with E-state index >= 15 is 0 Å². The van der Waals surface area contributed by atoms with Crippen molar-refractivity contribution in [1.82, 2.24) is 9.21 Å². The number of halogens is 1. The first-order valence-corrected chi connectivity index (χ1v) is 9.90. The molecule has 0 N–H and O–H groups in total. The van der Waals surface area contributed by atoms with E-state index in [-0.39, 0.29) is 17.4 Å². The van der Waals surface area contributed by atoms with E-state index in [2.05, 4.69) is 0 Å². The van der Waals surface area contributed by atoms with Crippen LogP contribution >= 0.6 is 11.6 Å². The maximum absolute atomic E-state index is 13.0. The monoisotopic (exact) mass is 388 g/mol. The third-order valence-electron chi connectivity index (χ3n) is 4.69. The lowest BCUT2D eigenvalue weighted by Crippen LogP contribution is -2.56. The molecule has 2 aliphatic heterocycles. The quantitative estimate of drug-likeness (QED) is 0.777. The van der Waals surface area contributed by atoms with Crippen molar-refractivity contribution in [2.45, 2.75) is 23.5 Å². The normalized spacial score (nSPS) is 21.0. The summed E-state index contributed by atoms with van der Waals surface area (Å²) in [5, 5.41) is 0.483. The van der Waals surface area contributed by atoms with Crippen molar-refractivity contribution < 1.29 is 22.7 Å². The molecule has 0 aromatic heterocycles. The zero-order chi connectivity index (χ0) is 18.1. The van der Waals surface area contributed by atoms with Crippen molar-refractivity contribution in [3.63, 3.8) is 0 Å². The Labute approximate surface area is 152 Å². The van der Waals surface area contributed by atoms with E-state index in [9.17, 15) is 13.2 Å². The molecule has 138 valence electrons. The Morgan fingerprint density at radius 3 is 2.48 bits per heavy atom. The summed E-state index contributed by atoms with van der Waals surface area (Å²) < 4.78 is 38.3. The van der Waals surface area contributed by atoms with Crippen molar-refractivity contribution in [2.24, 2.45) is 0 Å². The Hall–Kier alpha value is -1.19. The van der Waals surface area contributed by atoms with E-state index in [1.54, 1.807) is 17.0 Å². The first kappa shape index (κ1) is 18.6. The number of sulfonamides is 1. The van der Waals surface area contributed by atoms with Gasteiger partial charge in [0.15, 0.2) is 0 Å². The molecule has 2 aliphatic rings. The molecule has 3 rings (SSSR count). The Morgan fingerprint density at radius 1 is 1.24 bits per heavy atom. The van der Waals surface area contributed by atoms with Crippen LogP contribution in [0.1, 0.15) is 12.8 Å². The Kier molecular flexibility index (Phi) is 5.36. The highest BCUT2D eigenvalue weighted by molar-refractivity contribution is 7.89. The van der Waals surface area contributed by atoms with Crippen LogP contribution < -0.4 is 0 Å². The topological polar surface area (TPSA) is 76.2 Å². The molecule has 0 unspecified atom stereocenters. The molecule has 1 aromatic rings. The Morgan fingerprint density at radius 2 is 1.88 bits per heavy atom. The van der Waals surface area contributed by atoms with Crippen LogP contribution in [0.2, 0.25) is 5.02 Å². The van der Waals surface area contributed by atoms with Gasteiger partial charge in [-0.05, 0) is 24.3 Å². The molecule has 9 heteroatoms. The van der Waals surface area contributed by atoms with Crippen molar-refractivity contribution in [3.05, 3.63) is 29.3 Å². The van der Waals surface area contributed by atoms with Gasteiger partial charge in [0.2, 0.25) is 15.9 Å². The van der Waals surface area contributed by atoms with Crippen LogP contribution in [0.4, 0.5) is 0 Å². The van der Waals surface area contributed by atoms with E-state index in [4.69, 9.17) is 21.1 Å². The summed E-state index contributed by atoms with van der Waals surface area (Å²) in [5.41, 5.74) is -0.887. The summed E-state index contributed by atoms with van der Waals surface area (Å²) in [5.74, 6) is -0.0949. The standard InChI is InChI=1S/C16H21ClN2O5S/c1-23-12-15(20)18-8-6-16(7-9-18)19(10-11-24-16)25(21,22)14-4-2-13(17)3-5-14/h2-5H,6-12H2,1H3. The molecule has 2 fully saturated rings. The average Bonchev–Trinajstić information content (AvgIpc) is 3.00. The lowest BCUT2D eigenvalue weighted by Gasteiger charge is -2.42. The summed E-state index contributed by atoms with van der Waals surface area (Å²) in [7, 11) is -2.21. The number of hydrogen-bond donors (Lipinski definition) is 0. The minimum atomic E-state index is -3.69. The third kappa shape index (κ3) is 3.54. The van der Waals surface area contributed by atoms with Crippen LogP contribution in [-0.2, 0) is 24.3 Å². The van der Waals surface area contributed by atoms with Crippen molar-refractivity contribution in [2.75, 3.05) is 40.0 Å². The fraction of sp³-hybridized carbons (Fsp3) is 0.562. The molecule has 1 spiro atoms. The van der Waals surface area contributed by atoms with Gasteiger partial charge in [0, 0.05) is 44.6 Å². The minimum Gasteiger partial charge on any atom is -0.375 e. The SMILES string of the molecule is COCC(=O)N1CCC2(CC1)OCCN2S(=O)(=O)c1ccc(Cl)cc1. The second-order valence-corrected chi connectivity index (χ2v) is 8.44. The zero-order valence-corrected chi connectivity index (χ0v) is 15.6. The molecule has 0 atom stereocenters. The molecule has 2 saturated heterocycles. The number of nitrogens with zero attached hydrogens (tertiary/aromatic N) is 2. The number of likely N-dealkylation sites (tertiary alicyclic amines) is 1. The van der Waals surface area contributed by atoms with Crippen molar-refractivity contribution in [3.8, 4) is 0 Å². The van der Waals surface area contributed by atoms with Gasteiger partial charge in [0.25, 0.3) is 0 Å². The molecule has 0 bridgehead atoms. The number of hydrogen-bond acceptors (Lipinski definition) is 5. The van der Waals surface area contributed by atoms with Crippen LogP contribution in [0.3, 0.4) is 0 Å². The van der Waals surface area contributed by atoms with E-state index in [0.717, 1.165) is 0 Å². The lowest BCUT2D eigenvalue weighted by atomic mass is 10.0. The molecular weight excluding hydrogens is 368 g/mol. The number of carbonyl (C=O) groups is 1. The number of carbonyl (C=O) groups excluding carboxylic acids is 1. The van der Waals surface area contributed by atoms with Gasteiger partial charge < -0.3 is 14.4 Å². The molecule has 25 heavy (non-hydrogen) atoms. The van der Waals surface area contributed by atoms with Crippen molar-refractivity contribution in [1.29, 1.82) is 0 Å². The summed E-state index contributed by atoms with van der Waals surface area (Å²) >= 11 is 5.85. The highest BCUT2D eigenvalue weighted by Gasteiger charge is 2.50. The summed E-state index contributed by atoms with van der Waals surface area (Å²) in [4.78, 5) is 13.8. The van der Waals surface area contributed by atoms with E-state index in [0.29, 0.717) is 44.1 Å². The molecule has 0 radical (unpaired) electrons. The predicted octanol–water partition coefficient (Wildman–Crippen LogP) is 1.33. The smallest absolute Gasteiger partial charge is 0.248 e.